The normalized spacial score (nSPS) is 26.2. The predicted octanol–water partition coefficient (Wildman–Crippen LogP) is 0.960. The maximum atomic E-state index is 11.9. The molecule has 1 saturated carbocycles. The van der Waals surface area contributed by atoms with Gasteiger partial charge in [0, 0.05) is 12.6 Å². The molecule has 4 nitrogen and oxygen atoms in total. The lowest BCUT2D eigenvalue weighted by Gasteiger charge is -2.33. The van der Waals surface area contributed by atoms with Gasteiger partial charge in [0.25, 0.3) is 0 Å². The van der Waals surface area contributed by atoms with E-state index in [1.165, 1.54) is 19.3 Å². The summed E-state index contributed by atoms with van der Waals surface area (Å²) in [5.41, 5.74) is 5.79. The van der Waals surface area contributed by atoms with Crippen molar-refractivity contribution in [2.24, 2.45) is 11.7 Å². The van der Waals surface area contributed by atoms with Crippen molar-refractivity contribution in [1.29, 1.82) is 0 Å². The van der Waals surface area contributed by atoms with E-state index in [0.717, 1.165) is 19.5 Å². The fraction of sp³-hybridized carbons (Fsp3) is 0.923. The van der Waals surface area contributed by atoms with E-state index in [0.29, 0.717) is 12.0 Å². The van der Waals surface area contributed by atoms with Crippen LogP contribution in [0.4, 0.5) is 0 Å². The molecule has 0 spiro atoms. The molecule has 3 unspecified atom stereocenters. The maximum Gasteiger partial charge on any atom is 0.237 e. The maximum absolute atomic E-state index is 11.9. The van der Waals surface area contributed by atoms with Gasteiger partial charge in [0.1, 0.15) is 0 Å². The zero-order chi connectivity index (χ0) is 12.8. The highest BCUT2D eigenvalue weighted by atomic mass is 16.2. The average Bonchev–Trinajstić information content (AvgIpc) is 2.82. The molecule has 17 heavy (non-hydrogen) atoms. The van der Waals surface area contributed by atoms with E-state index < -0.39 is 0 Å². The van der Waals surface area contributed by atoms with E-state index in [1.54, 1.807) is 0 Å². The van der Waals surface area contributed by atoms with Crippen molar-refractivity contribution >= 4 is 5.91 Å². The number of rotatable bonds is 6. The van der Waals surface area contributed by atoms with Gasteiger partial charge in [0.15, 0.2) is 0 Å². The van der Waals surface area contributed by atoms with Crippen LogP contribution in [0, 0.1) is 5.92 Å². The van der Waals surface area contributed by atoms with Crippen LogP contribution in [-0.2, 0) is 4.79 Å². The Morgan fingerprint density at radius 1 is 1.53 bits per heavy atom. The first-order chi connectivity index (χ1) is 8.11. The SMILES string of the molecule is CCCNC(=O)C(C)N(C)C1CCCC1CN. The molecule has 0 bridgehead atoms. The van der Waals surface area contributed by atoms with Crippen LogP contribution in [0.15, 0.2) is 0 Å². The Labute approximate surface area is 105 Å². The van der Waals surface area contributed by atoms with E-state index in [-0.39, 0.29) is 11.9 Å². The molecule has 0 heterocycles. The molecule has 0 aromatic rings. The Balaban J connectivity index is 2.50. The van der Waals surface area contributed by atoms with Crippen LogP contribution in [0.1, 0.15) is 39.5 Å². The summed E-state index contributed by atoms with van der Waals surface area (Å²) in [6, 6.07) is 0.418. The topological polar surface area (TPSA) is 58.4 Å². The average molecular weight is 241 g/mol. The van der Waals surface area contributed by atoms with Gasteiger partial charge in [-0.25, -0.2) is 0 Å². The summed E-state index contributed by atoms with van der Waals surface area (Å²) in [7, 11) is 2.05. The van der Waals surface area contributed by atoms with Crippen molar-refractivity contribution in [1.82, 2.24) is 10.2 Å². The molecule has 0 radical (unpaired) electrons. The van der Waals surface area contributed by atoms with Gasteiger partial charge >= 0.3 is 0 Å². The van der Waals surface area contributed by atoms with Gasteiger partial charge in [-0.1, -0.05) is 13.3 Å². The van der Waals surface area contributed by atoms with Crippen LogP contribution in [-0.4, -0.2) is 43.0 Å². The number of nitrogens with one attached hydrogen (secondary N) is 1. The molecule has 3 atom stereocenters. The second-order valence-corrected chi connectivity index (χ2v) is 5.13. The van der Waals surface area contributed by atoms with Crippen molar-refractivity contribution in [3.05, 3.63) is 0 Å². The van der Waals surface area contributed by atoms with Gasteiger partial charge in [-0.2, -0.15) is 0 Å². The third kappa shape index (κ3) is 3.68. The van der Waals surface area contributed by atoms with Gasteiger partial charge in [0.05, 0.1) is 6.04 Å². The van der Waals surface area contributed by atoms with Crippen molar-refractivity contribution in [2.75, 3.05) is 20.1 Å². The molecule has 0 aliphatic heterocycles. The molecular formula is C13H27N3O. The van der Waals surface area contributed by atoms with E-state index >= 15 is 0 Å². The lowest BCUT2D eigenvalue weighted by molar-refractivity contribution is -0.126. The lowest BCUT2D eigenvalue weighted by atomic mass is 10.0. The first kappa shape index (κ1) is 14.5. The molecule has 1 fully saturated rings. The van der Waals surface area contributed by atoms with Crippen LogP contribution in [0.25, 0.3) is 0 Å². The Morgan fingerprint density at radius 3 is 2.82 bits per heavy atom. The van der Waals surface area contributed by atoms with Crippen LogP contribution < -0.4 is 11.1 Å². The van der Waals surface area contributed by atoms with Crippen LogP contribution in [0.5, 0.6) is 0 Å². The second-order valence-electron chi connectivity index (χ2n) is 5.13. The van der Waals surface area contributed by atoms with Crippen LogP contribution in [0.2, 0.25) is 0 Å². The Morgan fingerprint density at radius 2 is 2.24 bits per heavy atom. The van der Waals surface area contributed by atoms with Gasteiger partial charge < -0.3 is 11.1 Å². The van der Waals surface area contributed by atoms with Crippen molar-refractivity contribution < 1.29 is 4.79 Å². The number of likely N-dealkylation sites (N-methyl/N-ethyl adjacent to an activating group) is 1. The molecule has 1 rings (SSSR count). The van der Waals surface area contributed by atoms with Crippen molar-refractivity contribution in [3.63, 3.8) is 0 Å². The quantitative estimate of drug-likeness (QED) is 0.728. The monoisotopic (exact) mass is 241 g/mol. The first-order valence-corrected chi connectivity index (χ1v) is 6.81. The van der Waals surface area contributed by atoms with E-state index in [2.05, 4.69) is 24.2 Å². The largest absolute Gasteiger partial charge is 0.355 e. The van der Waals surface area contributed by atoms with Gasteiger partial charge in [-0.15, -0.1) is 0 Å². The molecule has 0 saturated heterocycles. The third-order valence-corrected chi connectivity index (χ3v) is 3.98. The summed E-state index contributed by atoms with van der Waals surface area (Å²) in [5.74, 6) is 0.693. The molecular weight excluding hydrogens is 214 g/mol. The molecule has 4 heteroatoms. The molecule has 1 amide bonds. The fourth-order valence-corrected chi connectivity index (χ4v) is 2.70. The molecule has 100 valence electrons. The summed E-state index contributed by atoms with van der Waals surface area (Å²) in [6.45, 7) is 5.55. The zero-order valence-electron chi connectivity index (χ0n) is 11.4. The summed E-state index contributed by atoms with van der Waals surface area (Å²) in [6.07, 6.45) is 4.59. The summed E-state index contributed by atoms with van der Waals surface area (Å²) in [4.78, 5) is 14.1. The van der Waals surface area contributed by atoms with Gasteiger partial charge in [-0.05, 0) is 45.7 Å². The number of carbonyl (C=O) groups excluding carboxylic acids is 1. The molecule has 1 aliphatic carbocycles. The van der Waals surface area contributed by atoms with Gasteiger partial charge in [-0.3, -0.25) is 9.69 Å². The molecule has 0 aromatic heterocycles. The third-order valence-electron chi connectivity index (χ3n) is 3.98. The summed E-state index contributed by atoms with van der Waals surface area (Å²) in [5, 5.41) is 2.96. The Hall–Kier alpha value is -0.610. The second kappa shape index (κ2) is 6.97. The number of amides is 1. The molecule has 0 aromatic carbocycles. The number of carbonyl (C=O) groups is 1. The molecule has 3 N–H and O–H groups in total. The minimum atomic E-state index is -0.0568. The minimum Gasteiger partial charge on any atom is -0.355 e. The highest BCUT2D eigenvalue weighted by Crippen LogP contribution is 2.29. The first-order valence-electron chi connectivity index (χ1n) is 6.81. The van der Waals surface area contributed by atoms with E-state index in [9.17, 15) is 4.79 Å². The van der Waals surface area contributed by atoms with Crippen LogP contribution in [0.3, 0.4) is 0 Å². The zero-order valence-corrected chi connectivity index (χ0v) is 11.4. The molecule has 1 aliphatic rings. The smallest absolute Gasteiger partial charge is 0.237 e. The highest BCUT2D eigenvalue weighted by molar-refractivity contribution is 5.81. The van der Waals surface area contributed by atoms with Crippen molar-refractivity contribution in [2.45, 2.75) is 51.6 Å². The number of hydrogen-bond acceptors (Lipinski definition) is 3. The number of nitrogens with zero attached hydrogens (tertiary/aromatic N) is 1. The minimum absolute atomic E-state index is 0.0568. The van der Waals surface area contributed by atoms with Crippen LogP contribution >= 0.6 is 0 Å². The predicted molar refractivity (Wildman–Crippen MR) is 70.7 cm³/mol. The summed E-state index contributed by atoms with van der Waals surface area (Å²) >= 11 is 0. The highest BCUT2D eigenvalue weighted by Gasteiger charge is 2.33. The van der Waals surface area contributed by atoms with E-state index in [1.807, 2.05) is 6.92 Å². The lowest BCUT2D eigenvalue weighted by Crippen LogP contribution is -2.49. The van der Waals surface area contributed by atoms with E-state index in [4.69, 9.17) is 5.73 Å². The summed E-state index contributed by atoms with van der Waals surface area (Å²) < 4.78 is 0. The Bertz CT molecular complexity index is 245. The fourth-order valence-electron chi connectivity index (χ4n) is 2.70. The van der Waals surface area contributed by atoms with Crippen molar-refractivity contribution in [3.8, 4) is 0 Å². The Kier molecular flexibility index (Phi) is 5.92. The number of nitrogens with two attached hydrogens (primary N) is 1. The van der Waals surface area contributed by atoms with Gasteiger partial charge in [0.2, 0.25) is 5.91 Å². The standard InChI is InChI=1S/C13H27N3O/c1-4-8-15-13(17)10(2)16(3)12-7-5-6-11(12)9-14/h10-12H,4-9,14H2,1-3H3,(H,15,17). The number of hydrogen-bond donors (Lipinski definition) is 2.